The molecular weight excluding hydrogens is 424 g/mol. The number of hydrogen-bond donors (Lipinski definition) is 1. The SMILES string of the molecule is CN(CCC(=O)Nc1ccc(S(=O)(=O)N(C)C)cc1)Cc1ccccc1N1CCCCC1. The highest BCUT2D eigenvalue weighted by Crippen LogP contribution is 2.25. The average molecular weight is 459 g/mol. The smallest absolute Gasteiger partial charge is 0.242 e. The lowest BCUT2D eigenvalue weighted by Crippen LogP contribution is -2.31. The Kier molecular flexibility index (Phi) is 8.28. The number of benzene rings is 2. The molecule has 1 fully saturated rings. The fourth-order valence-electron chi connectivity index (χ4n) is 3.89. The molecule has 0 saturated carbocycles. The Morgan fingerprint density at radius 2 is 1.62 bits per heavy atom. The maximum absolute atomic E-state index is 12.4. The van der Waals surface area contributed by atoms with Crippen LogP contribution in [0.2, 0.25) is 0 Å². The van der Waals surface area contributed by atoms with Crippen LogP contribution in [0.15, 0.2) is 53.4 Å². The standard InChI is InChI=1S/C24H34N4O3S/c1-26(2)32(30,31)22-13-11-21(12-14-22)25-24(29)15-18-27(3)19-20-9-5-6-10-23(20)28-16-7-4-8-17-28/h5-6,9-14H,4,7-8,15-19H2,1-3H3,(H,25,29). The highest BCUT2D eigenvalue weighted by molar-refractivity contribution is 7.89. The van der Waals surface area contributed by atoms with Gasteiger partial charge in [0.2, 0.25) is 15.9 Å². The van der Waals surface area contributed by atoms with Crippen LogP contribution in [0, 0.1) is 0 Å². The lowest BCUT2D eigenvalue weighted by atomic mass is 10.1. The Bertz CT molecular complexity index is 1000. The van der Waals surface area contributed by atoms with Crippen LogP contribution in [0.5, 0.6) is 0 Å². The Labute approximate surface area is 192 Å². The van der Waals surface area contributed by atoms with Crippen LogP contribution in [0.4, 0.5) is 11.4 Å². The predicted molar refractivity (Wildman–Crippen MR) is 129 cm³/mol. The van der Waals surface area contributed by atoms with E-state index in [4.69, 9.17) is 0 Å². The lowest BCUT2D eigenvalue weighted by molar-refractivity contribution is -0.116. The number of hydrogen-bond acceptors (Lipinski definition) is 5. The zero-order valence-electron chi connectivity index (χ0n) is 19.3. The van der Waals surface area contributed by atoms with E-state index in [1.807, 2.05) is 7.05 Å². The fraction of sp³-hybridized carbons (Fsp3) is 0.458. The van der Waals surface area contributed by atoms with Gasteiger partial charge in [-0.2, -0.15) is 0 Å². The Hall–Kier alpha value is -2.42. The van der Waals surface area contributed by atoms with Crippen LogP contribution >= 0.6 is 0 Å². The molecule has 0 radical (unpaired) electrons. The number of carbonyl (C=O) groups excluding carboxylic acids is 1. The number of rotatable bonds is 9. The molecule has 1 saturated heterocycles. The molecule has 7 nitrogen and oxygen atoms in total. The highest BCUT2D eigenvalue weighted by atomic mass is 32.2. The number of piperidine rings is 1. The second kappa shape index (κ2) is 10.9. The van der Waals surface area contributed by atoms with Crippen molar-refractivity contribution in [1.29, 1.82) is 0 Å². The molecule has 32 heavy (non-hydrogen) atoms. The summed E-state index contributed by atoms with van der Waals surface area (Å²) >= 11 is 0. The quantitative estimate of drug-likeness (QED) is 0.624. The maximum Gasteiger partial charge on any atom is 0.242 e. The van der Waals surface area contributed by atoms with Crippen molar-refractivity contribution in [2.24, 2.45) is 0 Å². The number of carbonyl (C=O) groups is 1. The van der Waals surface area contributed by atoms with Crippen LogP contribution in [-0.4, -0.2) is 64.3 Å². The van der Waals surface area contributed by atoms with Gasteiger partial charge in [-0.15, -0.1) is 0 Å². The van der Waals surface area contributed by atoms with Gasteiger partial charge in [-0.05, 0) is 62.2 Å². The molecular formula is C24H34N4O3S. The summed E-state index contributed by atoms with van der Waals surface area (Å²) in [6.45, 7) is 3.64. The minimum atomic E-state index is -3.47. The second-order valence-electron chi connectivity index (χ2n) is 8.52. The molecule has 1 aliphatic rings. The Morgan fingerprint density at radius 3 is 2.28 bits per heavy atom. The lowest BCUT2D eigenvalue weighted by Gasteiger charge is -2.31. The van der Waals surface area contributed by atoms with Crippen molar-refractivity contribution >= 4 is 27.3 Å². The largest absolute Gasteiger partial charge is 0.371 e. The normalized spacial score (nSPS) is 14.7. The van der Waals surface area contributed by atoms with E-state index in [1.165, 1.54) is 61.0 Å². The molecule has 1 heterocycles. The molecule has 0 bridgehead atoms. The molecule has 1 aliphatic heterocycles. The van der Waals surface area contributed by atoms with Gasteiger partial charge < -0.3 is 15.1 Å². The van der Waals surface area contributed by atoms with Crippen molar-refractivity contribution in [3.8, 4) is 0 Å². The Morgan fingerprint density at radius 1 is 0.969 bits per heavy atom. The molecule has 1 N–H and O–H groups in total. The summed E-state index contributed by atoms with van der Waals surface area (Å²) in [4.78, 5) is 17.2. The molecule has 0 unspecified atom stereocenters. The van der Waals surface area contributed by atoms with Crippen molar-refractivity contribution in [2.45, 2.75) is 37.1 Å². The van der Waals surface area contributed by atoms with Crippen LogP contribution in [0.3, 0.4) is 0 Å². The fourth-order valence-corrected chi connectivity index (χ4v) is 4.80. The third-order valence-corrected chi connectivity index (χ3v) is 7.60. The van der Waals surface area contributed by atoms with Crippen molar-refractivity contribution < 1.29 is 13.2 Å². The van der Waals surface area contributed by atoms with E-state index >= 15 is 0 Å². The van der Waals surface area contributed by atoms with Gasteiger partial charge >= 0.3 is 0 Å². The number of nitrogens with zero attached hydrogens (tertiary/aromatic N) is 3. The van der Waals surface area contributed by atoms with Crippen LogP contribution in [-0.2, 0) is 21.4 Å². The van der Waals surface area contributed by atoms with Crippen molar-refractivity contribution in [3.05, 3.63) is 54.1 Å². The monoisotopic (exact) mass is 458 g/mol. The van der Waals surface area contributed by atoms with E-state index in [-0.39, 0.29) is 10.8 Å². The van der Waals surface area contributed by atoms with Gasteiger partial charge in [-0.25, -0.2) is 12.7 Å². The summed E-state index contributed by atoms with van der Waals surface area (Å²) < 4.78 is 25.5. The highest BCUT2D eigenvalue weighted by Gasteiger charge is 2.17. The number of nitrogens with one attached hydrogen (secondary N) is 1. The first-order valence-electron chi connectivity index (χ1n) is 11.1. The summed E-state index contributed by atoms with van der Waals surface area (Å²) in [6.07, 6.45) is 4.15. The third kappa shape index (κ3) is 6.31. The van der Waals surface area contributed by atoms with E-state index < -0.39 is 10.0 Å². The zero-order valence-corrected chi connectivity index (χ0v) is 20.1. The molecule has 2 aromatic rings. The van der Waals surface area contributed by atoms with Crippen molar-refractivity contribution in [3.63, 3.8) is 0 Å². The third-order valence-electron chi connectivity index (χ3n) is 5.77. The number of sulfonamides is 1. The average Bonchev–Trinajstić information content (AvgIpc) is 2.79. The van der Waals surface area contributed by atoms with Crippen molar-refractivity contribution in [1.82, 2.24) is 9.21 Å². The summed E-state index contributed by atoms with van der Waals surface area (Å²) in [7, 11) is 1.54. The second-order valence-corrected chi connectivity index (χ2v) is 10.7. The van der Waals surface area contributed by atoms with E-state index in [9.17, 15) is 13.2 Å². The number of anilines is 2. The summed E-state index contributed by atoms with van der Waals surface area (Å²) in [6, 6.07) is 14.8. The van der Waals surface area contributed by atoms with Gasteiger partial charge in [0.15, 0.2) is 0 Å². The molecule has 8 heteroatoms. The van der Waals surface area contributed by atoms with Gasteiger partial charge in [0.05, 0.1) is 4.90 Å². The van der Waals surface area contributed by atoms with Gasteiger partial charge in [0.1, 0.15) is 0 Å². The van der Waals surface area contributed by atoms with Crippen LogP contribution in [0.25, 0.3) is 0 Å². The topological polar surface area (TPSA) is 73.0 Å². The van der Waals surface area contributed by atoms with Gasteiger partial charge in [-0.3, -0.25) is 4.79 Å². The first kappa shape index (κ1) is 24.2. The molecule has 0 atom stereocenters. The Balaban J connectivity index is 1.51. The summed E-state index contributed by atoms with van der Waals surface area (Å²) in [5, 5.41) is 2.85. The molecule has 174 valence electrons. The summed E-state index contributed by atoms with van der Waals surface area (Å²) in [5.41, 5.74) is 3.18. The van der Waals surface area contributed by atoms with E-state index in [1.54, 1.807) is 12.1 Å². The first-order valence-corrected chi connectivity index (χ1v) is 12.6. The van der Waals surface area contributed by atoms with Crippen LogP contribution < -0.4 is 10.2 Å². The van der Waals surface area contributed by atoms with Gasteiger partial charge in [-0.1, -0.05) is 18.2 Å². The molecule has 0 aromatic heterocycles. The maximum atomic E-state index is 12.4. The van der Waals surface area contributed by atoms with E-state index in [2.05, 4.69) is 39.4 Å². The van der Waals surface area contributed by atoms with E-state index in [0.717, 1.165) is 19.6 Å². The van der Waals surface area contributed by atoms with Gasteiger partial charge in [0.25, 0.3) is 0 Å². The summed E-state index contributed by atoms with van der Waals surface area (Å²) in [5.74, 6) is -0.0932. The molecule has 3 rings (SSSR count). The molecule has 0 aliphatic carbocycles. The number of amides is 1. The minimum Gasteiger partial charge on any atom is -0.371 e. The molecule has 2 aromatic carbocycles. The molecule has 1 amide bonds. The molecule has 0 spiro atoms. The van der Waals surface area contributed by atoms with Crippen LogP contribution in [0.1, 0.15) is 31.2 Å². The van der Waals surface area contributed by atoms with E-state index in [0.29, 0.717) is 18.7 Å². The predicted octanol–water partition coefficient (Wildman–Crippen LogP) is 3.39. The minimum absolute atomic E-state index is 0.0932. The zero-order chi connectivity index (χ0) is 23.1. The van der Waals surface area contributed by atoms with Gasteiger partial charge in [0, 0.05) is 58.1 Å². The van der Waals surface area contributed by atoms with Crippen molar-refractivity contribution in [2.75, 3.05) is 51.0 Å². The first-order chi connectivity index (χ1) is 15.3. The number of para-hydroxylation sites is 1.